The Morgan fingerprint density at radius 3 is 1.92 bits per heavy atom. The molecule has 3 amide bonds. The largest absolute Gasteiger partial charge is 0.469 e. The third-order valence-corrected chi connectivity index (χ3v) is 12.2. The zero-order chi connectivity index (χ0) is 41.2. The van der Waals surface area contributed by atoms with Crippen molar-refractivity contribution in [3.63, 3.8) is 0 Å². The van der Waals surface area contributed by atoms with Gasteiger partial charge in [-0.2, -0.15) is 54.0 Å². The molecule has 4 aliphatic heterocycles. The number of methoxy groups -OCH3 is 2. The smallest absolute Gasteiger partial charge is 0.407 e. The Morgan fingerprint density at radius 2 is 1.31 bits per heavy atom. The number of aliphatic imine (C=N–C) groups is 2. The minimum atomic E-state index is -0.674. The fraction of sp³-hybridized carbons (Fsp3) is 0.457. The maximum absolute atomic E-state index is 13.7. The van der Waals surface area contributed by atoms with E-state index in [9.17, 15) is 24.0 Å². The standard InChI is InChI=1S/C46H53N5O7.4H2S/c1-26(2)34(23-42(53)57-5)44(54)50-17-8-10-40(50)38-24-41(52)35-21-32(15-16-36(35)48-38)30-12-11-29-20-31(14-13-28(29)19-30)33-22-37(47-25-33)39-9-7-18-51(39)45(55)43(27(3)4)49-46(56)58-6;;;;/h11-16,19-21,25-27,34,39-40,43H,7-10,17-18,22-24H2,1-6H3,(H,49,56);4*1H2/t34-,39-,40-,43-;;;;/m0..../s1. The van der Waals surface area contributed by atoms with Crippen molar-refractivity contribution >= 4 is 117 Å². The molecular formula is C46H61N5O7S4. The summed E-state index contributed by atoms with van der Waals surface area (Å²) in [6.07, 6.45) is 5.36. The third kappa shape index (κ3) is 10.9. The molecular weight excluding hydrogens is 863 g/mol. The van der Waals surface area contributed by atoms with Crippen LogP contribution in [0.15, 0.2) is 70.8 Å². The van der Waals surface area contributed by atoms with Gasteiger partial charge in [0.05, 0.1) is 50.8 Å². The molecule has 0 bridgehead atoms. The third-order valence-electron chi connectivity index (χ3n) is 12.2. The van der Waals surface area contributed by atoms with E-state index in [0.29, 0.717) is 36.5 Å². The predicted octanol–water partition coefficient (Wildman–Crippen LogP) is 8.00. The van der Waals surface area contributed by atoms with Gasteiger partial charge < -0.3 is 24.6 Å². The Morgan fingerprint density at radius 1 is 0.726 bits per heavy atom. The number of esters is 1. The van der Waals surface area contributed by atoms with Gasteiger partial charge in [-0.15, -0.1) is 0 Å². The minimum absolute atomic E-state index is 0. The zero-order valence-corrected chi connectivity index (χ0v) is 40.2. The number of hydrogen-bond acceptors (Lipinski definition) is 9. The van der Waals surface area contributed by atoms with Crippen molar-refractivity contribution in [2.45, 2.75) is 90.8 Å². The SMILES string of the molecule is COC(=O)C[C@H](C(=O)N1CCC[C@H]1C1=Nc2ccc(-c3ccc4cc(C5=CN=C([C@@H]6CCCN6C(=O)[C@@H](NC(=O)OC)C(C)C)C5)ccc4c3)cc2C(=O)C1)C(C)C.S.S.S.S. The highest BCUT2D eigenvalue weighted by molar-refractivity contribution is 7.59. The van der Waals surface area contributed by atoms with E-state index in [1.165, 1.54) is 14.2 Å². The molecule has 2 saturated heterocycles. The first kappa shape index (κ1) is 52.1. The molecule has 0 unspecified atom stereocenters. The number of ketones is 1. The molecule has 0 spiro atoms. The molecule has 2 fully saturated rings. The molecule has 336 valence electrons. The summed E-state index contributed by atoms with van der Waals surface area (Å²) >= 11 is 0. The quantitative estimate of drug-likeness (QED) is 0.192. The number of hydrogen-bond donors (Lipinski definition) is 1. The Kier molecular flexibility index (Phi) is 18.8. The van der Waals surface area contributed by atoms with E-state index < -0.39 is 24.0 Å². The van der Waals surface area contributed by atoms with E-state index in [-0.39, 0.29) is 108 Å². The number of carbonyl (C=O) groups excluding carboxylic acids is 5. The highest BCUT2D eigenvalue weighted by atomic mass is 32.1. The molecule has 62 heavy (non-hydrogen) atoms. The second-order valence-electron chi connectivity index (χ2n) is 16.5. The molecule has 16 heteroatoms. The normalized spacial score (nSPS) is 18.8. The van der Waals surface area contributed by atoms with Crippen LogP contribution in [0.5, 0.6) is 0 Å². The average molecular weight is 924 g/mol. The van der Waals surface area contributed by atoms with E-state index in [4.69, 9.17) is 19.5 Å². The molecule has 1 N–H and O–H groups in total. The topological polar surface area (TPSA) is 147 Å². The summed E-state index contributed by atoms with van der Waals surface area (Å²) in [4.78, 5) is 78.5. The number of fused-ring (bicyclic) bond motifs is 2. The van der Waals surface area contributed by atoms with Crippen LogP contribution in [0.4, 0.5) is 10.5 Å². The van der Waals surface area contributed by atoms with E-state index >= 15 is 0 Å². The van der Waals surface area contributed by atoms with Crippen LogP contribution in [-0.2, 0) is 23.9 Å². The first-order chi connectivity index (χ1) is 27.9. The second-order valence-corrected chi connectivity index (χ2v) is 16.5. The van der Waals surface area contributed by atoms with E-state index in [2.05, 4.69) is 41.7 Å². The summed E-state index contributed by atoms with van der Waals surface area (Å²) in [5, 5.41) is 4.85. The lowest BCUT2D eigenvalue weighted by Crippen LogP contribution is -2.53. The van der Waals surface area contributed by atoms with Crippen molar-refractivity contribution < 1.29 is 33.4 Å². The summed E-state index contributed by atoms with van der Waals surface area (Å²) in [5.41, 5.74) is 6.92. The van der Waals surface area contributed by atoms with Crippen LogP contribution in [0.3, 0.4) is 0 Å². The van der Waals surface area contributed by atoms with Crippen LogP contribution in [0, 0.1) is 17.8 Å². The van der Waals surface area contributed by atoms with Gasteiger partial charge in [0.25, 0.3) is 0 Å². The Labute approximate surface area is 392 Å². The summed E-state index contributed by atoms with van der Waals surface area (Å²) in [5.74, 6) is -1.25. The monoisotopic (exact) mass is 923 g/mol. The van der Waals surface area contributed by atoms with Crippen molar-refractivity contribution in [1.29, 1.82) is 0 Å². The lowest BCUT2D eigenvalue weighted by Gasteiger charge is -2.32. The fourth-order valence-electron chi connectivity index (χ4n) is 8.85. The number of ether oxygens (including phenoxy) is 2. The Bertz CT molecular complexity index is 2260. The van der Waals surface area contributed by atoms with Crippen LogP contribution in [0.25, 0.3) is 27.5 Å². The van der Waals surface area contributed by atoms with Crippen molar-refractivity contribution in [3.8, 4) is 11.1 Å². The highest BCUT2D eigenvalue weighted by Gasteiger charge is 2.40. The first-order valence-electron chi connectivity index (χ1n) is 20.4. The van der Waals surface area contributed by atoms with Gasteiger partial charge in [-0.3, -0.25) is 29.2 Å². The lowest BCUT2D eigenvalue weighted by molar-refractivity contribution is -0.148. The van der Waals surface area contributed by atoms with Crippen LogP contribution in [-0.4, -0.2) is 96.3 Å². The molecule has 4 aliphatic rings. The van der Waals surface area contributed by atoms with Crippen LogP contribution >= 0.6 is 54.0 Å². The van der Waals surface area contributed by atoms with Crippen molar-refractivity contribution in [1.82, 2.24) is 15.1 Å². The van der Waals surface area contributed by atoms with Crippen molar-refractivity contribution in [3.05, 3.63) is 71.9 Å². The van der Waals surface area contributed by atoms with Gasteiger partial charge in [0.1, 0.15) is 6.04 Å². The van der Waals surface area contributed by atoms with E-state index in [0.717, 1.165) is 64.4 Å². The van der Waals surface area contributed by atoms with Crippen molar-refractivity contribution in [2.24, 2.45) is 27.7 Å². The number of Topliss-reactive ketones (excluding diaryl/α,β-unsaturated/α-hetero) is 1. The van der Waals surface area contributed by atoms with Gasteiger partial charge in [-0.05, 0) is 94.8 Å². The van der Waals surface area contributed by atoms with Gasteiger partial charge in [0.2, 0.25) is 11.8 Å². The van der Waals surface area contributed by atoms with Gasteiger partial charge in [-0.25, -0.2) is 4.79 Å². The Balaban J connectivity index is 0.00000256. The van der Waals surface area contributed by atoms with Gasteiger partial charge in [0.15, 0.2) is 5.78 Å². The number of amides is 3. The number of allylic oxidation sites excluding steroid dienone is 1. The molecule has 3 aromatic carbocycles. The summed E-state index contributed by atoms with van der Waals surface area (Å²) in [6.45, 7) is 8.89. The molecule has 0 aromatic heterocycles. The average Bonchev–Trinajstić information content (AvgIpc) is 4.02. The van der Waals surface area contributed by atoms with Crippen LogP contribution in [0.1, 0.15) is 88.6 Å². The maximum Gasteiger partial charge on any atom is 0.407 e. The van der Waals surface area contributed by atoms with E-state index in [1.54, 1.807) is 0 Å². The molecule has 4 heterocycles. The number of rotatable bonds is 11. The molecule has 7 rings (SSSR count). The molecule has 0 saturated carbocycles. The predicted molar refractivity (Wildman–Crippen MR) is 266 cm³/mol. The van der Waals surface area contributed by atoms with E-state index in [1.807, 2.05) is 61.9 Å². The number of nitrogens with one attached hydrogen (secondary N) is 1. The highest BCUT2D eigenvalue weighted by Crippen LogP contribution is 2.37. The zero-order valence-electron chi connectivity index (χ0n) is 36.2. The molecule has 4 atom stereocenters. The number of benzene rings is 3. The van der Waals surface area contributed by atoms with Gasteiger partial charge in [0, 0.05) is 42.7 Å². The lowest BCUT2D eigenvalue weighted by atomic mass is 9.89. The molecule has 0 aliphatic carbocycles. The van der Waals surface area contributed by atoms with Crippen molar-refractivity contribution in [2.75, 3.05) is 27.3 Å². The number of likely N-dealkylation sites (tertiary alicyclic amines) is 2. The van der Waals surface area contributed by atoms with Crippen LogP contribution < -0.4 is 5.32 Å². The van der Waals surface area contributed by atoms with Gasteiger partial charge >= 0.3 is 12.1 Å². The summed E-state index contributed by atoms with van der Waals surface area (Å²) in [7, 11) is 2.63. The number of carbonyl (C=O) groups is 5. The van der Waals surface area contributed by atoms with Gasteiger partial charge in [-0.1, -0.05) is 58.0 Å². The molecule has 12 nitrogen and oxygen atoms in total. The summed E-state index contributed by atoms with van der Waals surface area (Å²) < 4.78 is 9.64. The maximum atomic E-state index is 13.7. The minimum Gasteiger partial charge on any atom is -0.469 e. The second kappa shape index (κ2) is 22.4. The molecule has 0 radical (unpaired) electrons. The molecule has 3 aromatic rings. The number of nitrogens with zero attached hydrogens (tertiary/aromatic N) is 4. The Hall–Kier alpha value is -4.25. The first-order valence-corrected chi connectivity index (χ1v) is 20.4. The van der Waals surface area contributed by atoms with Crippen LogP contribution in [0.2, 0.25) is 0 Å². The fourth-order valence-corrected chi connectivity index (χ4v) is 8.85. The number of alkyl carbamates (subject to hydrolysis) is 1. The summed E-state index contributed by atoms with van der Waals surface area (Å²) in [6, 6.07) is 17.4.